The lowest BCUT2D eigenvalue weighted by atomic mass is 9.91. The van der Waals surface area contributed by atoms with Crippen LogP contribution < -0.4 is 15.4 Å². The third-order valence-electron chi connectivity index (χ3n) is 4.77. The second-order valence-electron chi connectivity index (χ2n) is 6.84. The van der Waals surface area contributed by atoms with Crippen molar-refractivity contribution in [3.8, 4) is 0 Å². The molecule has 1 aromatic heterocycles. The van der Waals surface area contributed by atoms with E-state index in [-0.39, 0.29) is 17.7 Å². The van der Waals surface area contributed by atoms with Crippen molar-refractivity contribution in [2.75, 3.05) is 18.1 Å². The Balaban J connectivity index is 1.83. The largest absolute Gasteiger partial charge is 0.352 e. The van der Waals surface area contributed by atoms with Crippen LogP contribution in [0.15, 0.2) is 0 Å². The van der Waals surface area contributed by atoms with E-state index in [9.17, 15) is 9.59 Å². The van der Waals surface area contributed by atoms with E-state index in [1.807, 2.05) is 6.26 Å². The molecule has 0 aromatic carbocycles. The van der Waals surface area contributed by atoms with E-state index in [4.69, 9.17) is 0 Å². The first-order valence-electron chi connectivity index (χ1n) is 9.16. The van der Waals surface area contributed by atoms with Gasteiger partial charge in [-0.05, 0) is 50.3 Å². The van der Waals surface area contributed by atoms with Crippen molar-refractivity contribution >= 4 is 40.1 Å². The number of aryl methyl sites for hydroxylation is 1. The number of anilines is 1. The molecule has 1 atom stereocenters. The van der Waals surface area contributed by atoms with E-state index in [0.717, 1.165) is 55.5 Å². The van der Waals surface area contributed by atoms with E-state index in [0.29, 0.717) is 18.2 Å². The second-order valence-corrected chi connectivity index (χ2v) is 8.59. The number of hydrogen-bond donors (Lipinski definition) is 3. The van der Waals surface area contributed by atoms with Crippen molar-refractivity contribution in [3.63, 3.8) is 0 Å². The first-order chi connectivity index (χ1) is 12.1. The average Bonchev–Trinajstić information content (AvgIpc) is 3.38. The van der Waals surface area contributed by atoms with Gasteiger partial charge in [0.1, 0.15) is 5.00 Å². The smallest absolute Gasteiger partial charge is 0.254 e. The van der Waals surface area contributed by atoms with Crippen molar-refractivity contribution in [2.45, 2.75) is 57.9 Å². The minimum Gasteiger partial charge on any atom is -0.352 e. The quantitative estimate of drug-likeness (QED) is 0.477. The summed E-state index contributed by atoms with van der Waals surface area (Å²) in [5, 5.41) is 6.82. The van der Waals surface area contributed by atoms with E-state index in [1.165, 1.54) is 4.88 Å². The average molecular weight is 382 g/mol. The zero-order valence-electron chi connectivity index (χ0n) is 14.9. The van der Waals surface area contributed by atoms with Gasteiger partial charge in [0.15, 0.2) is 0 Å². The Bertz CT molecular complexity index is 641. The molecule has 0 spiro atoms. The number of amides is 2. The van der Waals surface area contributed by atoms with Gasteiger partial charge < -0.3 is 10.6 Å². The Kier molecular flexibility index (Phi) is 6.41. The summed E-state index contributed by atoms with van der Waals surface area (Å²) in [6.45, 7) is 2.79. The Morgan fingerprint density at radius 2 is 2.08 bits per heavy atom. The van der Waals surface area contributed by atoms with Gasteiger partial charge in [0.2, 0.25) is 5.91 Å². The highest BCUT2D eigenvalue weighted by atomic mass is 32.2. The molecule has 1 saturated carbocycles. The predicted octanol–water partition coefficient (Wildman–Crippen LogP) is 3.35. The number of carbonyl (C=O) groups excluding carboxylic acids is 2. The highest BCUT2D eigenvalue weighted by Gasteiger charge is 2.33. The molecule has 2 amide bonds. The van der Waals surface area contributed by atoms with Gasteiger partial charge in [0.25, 0.3) is 5.91 Å². The summed E-state index contributed by atoms with van der Waals surface area (Å²) >= 11 is 3.22. The molecule has 0 aliphatic heterocycles. The third kappa shape index (κ3) is 4.57. The molecule has 2 aliphatic rings. The van der Waals surface area contributed by atoms with Crippen LogP contribution in [0.2, 0.25) is 0 Å². The van der Waals surface area contributed by atoms with Crippen molar-refractivity contribution in [1.29, 1.82) is 0 Å². The molecule has 2 aliphatic carbocycles. The molecule has 7 heteroatoms. The monoisotopic (exact) mass is 381 g/mol. The van der Waals surface area contributed by atoms with Crippen LogP contribution in [0.5, 0.6) is 0 Å². The number of fused-ring (bicyclic) bond motifs is 1. The number of carbonyl (C=O) groups is 2. The van der Waals surface area contributed by atoms with Gasteiger partial charge in [-0.2, -0.15) is 0 Å². The molecule has 1 heterocycles. The second kappa shape index (κ2) is 8.56. The lowest BCUT2D eigenvalue weighted by Crippen LogP contribution is -2.32. The van der Waals surface area contributed by atoms with Gasteiger partial charge in [-0.25, -0.2) is 0 Å². The maximum atomic E-state index is 12.8. The Labute approximate surface area is 157 Å². The zero-order valence-corrected chi connectivity index (χ0v) is 16.6. The molecule has 3 rings (SSSR count). The van der Waals surface area contributed by atoms with E-state index in [1.54, 1.807) is 23.3 Å². The number of thiophene rings is 1. The molecular weight excluding hydrogens is 354 g/mol. The standard InChI is InChI=1S/C18H27N3O2S2/c1-3-4-9-19-17(23)15-13-10-12(21-24-2)7-8-14(13)25-18(15)20-16(22)11-5-6-11/h11-12,21H,3-10H2,1-2H3,(H,19,23)(H,20,22). The molecule has 0 radical (unpaired) electrons. The summed E-state index contributed by atoms with van der Waals surface area (Å²) in [4.78, 5) is 26.3. The van der Waals surface area contributed by atoms with Crippen LogP contribution in [0.1, 0.15) is 59.8 Å². The van der Waals surface area contributed by atoms with Gasteiger partial charge >= 0.3 is 0 Å². The maximum absolute atomic E-state index is 12.8. The summed E-state index contributed by atoms with van der Waals surface area (Å²) in [5.74, 6) is 0.169. The van der Waals surface area contributed by atoms with Crippen LogP contribution >= 0.6 is 23.3 Å². The van der Waals surface area contributed by atoms with Crippen LogP contribution in [0.25, 0.3) is 0 Å². The lowest BCUT2D eigenvalue weighted by Gasteiger charge is -2.23. The number of nitrogens with one attached hydrogen (secondary N) is 3. The molecule has 1 fully saturated rings. The minimum absolute atomic E-state index is 0.0400. The summed E-state index contributed by atoms with van der Waals surface area (Å²) in [6, 6.07) is 0.381. The lowest BCUT2D eigenvalue weighted by molar-refractivity contribution is -0.117. The summed E-state index contributed by atoms with van der Waals surface area (Å²) in [6.07, 6.45) is 8.87. The predicted molar refractivity (Wildman–Crippen MR) is 105 cm³/mol. The first kappa shape index (κ1) is 18.7. The van der Waals surface area contributed by atoms with Crippen LogP contribution in [-0.2, 0) is 17.6 Å². The number of rotatable bonds is 8. The van der Waals surface area contributed by atoms with E-state index >= 15 is 0 Å². The molecule has 0 saturated heterocycles. The number of hydrogen-bond acceptors (Lipinski definition) is 5. The molecule has 25 heavy (non-hydrogen) atoms. The van der Waals surface area contributed by atoms with Crippen LogP contribution in [-0.4, -0.2) is 30.7 Å². The molecule has 3 N–H and O–H groups in total. The van der Waals surface area contributed by atoms with Crippen LogP contribution in [0.3, 0.4) is 0 Å². The topological polar surface area (TPSA) is 70.2 Å². The Morgan fingerprint density at radius 3 is 2.76 bits per heavy atom. The summed E-state index contributed by atoms with van der Waals surface area (Å²) < 4.78 is 3.42. The highest BCUT2D eigenvalue weighted by Crippen LogP contribution is 2.40. The zero-order chi connectivity index (χ0) is 17.8. The minimum atomic E-state index is -0.0400. The van der Waals surface area contributed by atoms with Crippen molar-refractivity contribution < 1.29 is 9.59 Å². The SMILES string of the molecule is CCCCNC(=O)c1c(NC(=O)C2CC2)sc2c1CC(NSC)CC2. The highest BCUT2D eigenvalue weighted by molar-refractivity contribution is 7.96. The van der Waals surface area contributed by atoms with E-state index < -0.39 is 0 Å². The van der Waals surface area contributed by atoms with E-state index in [2.05, 4.69) is 22.3 Å². The van der Waals surface area contributed by atoms with Gasteiger partial charge in [-0.3, -0.25) is 14.3 Å². The van der Waals surface area contributed by atoms with Gasteiger partial charge in [0.05, 0.1) is 5.56 Å². The van der Waals surface area contributed by atoms with Crippen molar-refractivity contribution in [2.24, 2.45) is 5.92 Å². The fourth-order valence-corrected chi connectivity index (χ4v) is 4.98. The van der Waals surface area contributed by atoms with Gasteiger partial charge in [0, 0.05) is 23.4 Å². The molecule has 1 unspecified atom stereocenters. The molecule has 1 aromatic rings. The molecule has 0 bridgehead atoms. The Morgan fingerprint density at radius 1 is 1.28 bits per heavy atom. The number of unbranched alkanes of at least 4 members (excludes halogenated alkanes) is 1. The van der Waals surface area contributed by atoms with Crippen molar-refractivity contribution in [1.82, 2.24) is 10.0 Å². The molecular formula is C18H27N3O2S2. The van der Waals surface area contributed by atoms with Crippen molar-refractivity contribution in [3.05, 3.63) is 16.0 Å². The normalized spacial score (nSPS) is 19.4. The molecule has 138 valence electrons. The maximum Gasteiger partial charge on any atom is 0.254 e. The van der Waals surface area contributed by atoms with Crippen LogP contribution in [0.4, 0.5) is 5.00 Å². The van der Waals surface area contributed by atoms with Gasteiger partial charge in [-0.1, -0.05) is 25.3 Å². The van der Waals surface area contributed by atoms with Gasteiger partial charge in [-0.15, -0.1) is 11.3 Å². The summed E-state index contributed by atoms with van der Waals surface area (Å²) in [5.41, 5.74) is 1.83. The third-order valence-corrected chi connectivity index (χ3v) is 6.55. The Hall–Kier alpha value is -1.05. The molecule has 5 nitrogen and oxygen atoms in total. The summed E-state index contributed by atoms with van der Waals surface area (Å²) in [7, 11) is 0. The fourth-order valence-electron chi connectivity index (χ4n) is 3.21. The fraction of sp³-hybridized carbons (Fsp3) is 0.667. The van der Waals surface area contributed by atoms with Crippen LogP contribution in [0, 0.1) is 5.92 Å². The first-order valence-corrected chi connectivity index (χ1v) is 11.2.